The van der Waals surface area contributed by atoms with Gasteiger partial charge in [-0.1, -0.05) is 18.5 Å². The Kier molecular flexibility index (Phi) is 4.39. The van der Waals surface area contributed by atoms with Gasteiger partial charge in [0.25, 0.3) is 5.91 Å². The number of likely N-dealkylation sites (tertiary alicyclic amines) is 1. The van der Waals surface area contributed by atoms with Crippen LogP contribution in [0.1, 0.15) is 36.5 Å². The zero-order valence-corrected chi connectivity index (χ0v) is 13.4. The van der Waals surface area contributed by atoms with Gasteiger partial charge in [0.2, 0.25) is 0 Å². The molecule has 108 valence electrons. The minimum atomic E-state index is -1.09. The number of carbonyl (C=O) groups excluding carboxylic acids is 1. The Labute approximate surface area is 130 Å². The van der Waals surface area contributed by atoms with Gasteiger partial charge in [-0.15, -0.1) is 0 Å². The van der Waals surface area contributed by atoms with Crippen molar-refractivity contribution < 1.29 is 14.7 Å². The van der Waals surface area contributed by atoms with Gasteiger partial charge in [0.15, 0.2) is 0 Å². The van der Waals surface area contributed by atoms with Gasteiger partial charge in [-0.2, -0.15) is 0 Å². The van der Waals surface area contributed by atoms with Crippen LogP contribution in [-0.4, -0.2) is 34.0 Å². The van der Waals surface area contributed by atoms with E-state index in [1.54, 1.807) is 25.1 Å². The van der Waals surface area contributed by atoms with E-state index in [0.29, 0.717) is 40.9 Å². The monoisotopic (exact) mass is 359 g/mol. The molecule has 1 aromatic rings. The molecule has 6 heteroatoms. The molecule has 1 N–H and O–H groups in total. The summed E-state index contributed by atoms with van der Waals surface area (Å²) >= 11 is 9.18. The number of hydrogen-bond acceptors (Lipinski definition) is 2. The summed E-state index contributed by atoms with van der Waals surface area (Å²) in [5.74, 6) is -1.20. The summed E-state index contributed by atoms with van der Waals surface area (Å²) in [5.41, 5.74) is -0.647. The summed E-state index contributed by atoms with van der Waals surface area (Å²) in [5, 5.41) is 10.0. The van der Waals surface area contributed by atoms with E-state index in [-0.39, 0.29) is 5.91 Å². The molecular formula is C14H15BrClNO3. The number of carboxylic acid groups (broad SMARTS) is 1. The summed E-state index contributed by atoms with van der Waals surface area (Å²) in [4.78, 5) is 25.7. The van der Waals surface area contributed by atoms with Gasteiger partial charge in [-0.25, -0.2) is 4.79 Å². The lowest BCUT2D eigenvalue weighted by molar-refractivity contribution is -0.148. The van der Waals surface area contributed by atoms with Crippen LogP contribution >= 0.6 is 27.5 Å². The third kappa shape index (κ3) is 2.44. The fourth-order valence-electron chi connectivity index (χ4n) is 2.72. The molecule has 1 aliphatic heterocycles. The Morgan fingerprint density at radius 2 is 2.20 bits per heavy atom. The van der Waals surface area contributed by atoms with Gasteiger partial charge in [0.1, 0.15) is 5.54 Å². The minimum absolute atomic E-state index is 0.268. The highest BCUT2D eigenvalue weighted by Gasteiger charge is 2.48. The van der Waals surface area contributed by atoms with Crippen molar-refractivity contribution in [3.63, 3.8) is 0 Å². The number of benzene rings is 1. The lowest BCUT2D eigenvalue weighted by Crippen LogP contribution is -2.52. The molecule has 1 heterocycles. The highest BCUT2D eigenvalue weighted by molar-refractivity contribution is 9.10. The van der Waals surface area contributed by atoms with E-state index in [1.165, 1.54) is 4.90 Å². The lowest BCUT2D eigenvalue weighted by atomic mass is 9.92. The van der Waals surface area contributed by atoms with Crippen LogP contribution < -0.4 is 0 Å². The predicted molar refractivity (Wildman–Crippen MR) is 80.1 cm³/mol. The van der Waals surface area contributed by atoms with Crippen LogP contribution in [0.15, 0.2) is 22.7 Å². The van der Waals surface area contributed by atoms with E-state index in [1.807, 2.05) is 0 Å². The number of aliphatic carboxylic acids is 1. The van der Waals surface area contributed by atoms with E-state index >= 15 is 0 Å². The Bertz CT molecular complexity index is 563. The van der Waals surface area contributed by atoms with Crippen LogP contribution in [0.5, 0.6) is 0 Å². The Morgan fingerprint density at radius 3 is 2.75 bits per heavy atom. The number of carbonyl (C=O) groups is 2. The van der Waals surface area contributed by atoms with Crippen molar-refractivity contribution in [1.82, 2.24) is 4.90 Å². The molecule has 1 atom stereocenters. The molecule has 1 aliphatic rings. The zero-order valence-electron chi connectivity index (χ0n) is 11.0. The molecule has 0 radical (unpaired) electrons. The quantitative estimate of drug-likeness (QED) is 0.896. The average molecular weight is 361 g/mol. The molecule has 0 aliphatic carbocycles. The van der Waals surface area contributed by atoms with Gasteiger partial charge in [0, 0.05) is 16.0 Å². The van der Waals surface area contributed by atoms with Crippen LogP contribution in [0.4, 0.5) is 0 Å². The fourth-order valence-corrected chi connectivity index (χ4v) is 3.58. The fraction of sp³-hybridized carbons (Fsp3) is 0.429. The first-order chi connectivity index (χ1) is 9.42. The standard InChI is InChI=1S/C14H15BrClNO3/c1-2-14(13(19)20)6-3-7-17(14)12(18)10-5-4-9(16)8-11(10)15/h4-5,8H,2-3,6-7H2,1H3,(H,19,20). The summed E-state index contributed by atoms with van der Waals surface area (Å²) in [6, 6.07) is 4.89. The van der Waals surface area contributed by atoms with E-state index in [4.69, 9.17) is 11.6 Å². The maximum Gasteiger partial charge on any atom is 0.329 e. The van der Waals surface area contributed by atoms with Crippen LogP contribution in [-0.2, 0) is 4.79 Å². The maximum atomic E-state index is 12.6. The second kappa shape index (κ2) is 5.74. The molecule has 0 aromatic heterocycles. The van der Waals surface area contributed by atoms with Gasteiger partial charge >= 0.3 is 5.97 Å². The van der Waals surface area contributed by atoms with Gasteiger partial charge < -0.3 is 10.0 Å². The second-order valence-corrected chi connectivity index (χ2v) is 6.17. The summed E-state index contributed by atoms with van der Waals surface area (Å²) in [6.45, 7) is 2.27. The number of halogens is 2. The van der Waals surface area contributed by atoms with Crippen molar-refractivity contribution in [3.05, 3.63) is 33.3 Å². The molecule has 0 bridgehead atoms. The molecular weight excluding hydrogens is 346 g/mol. The molecule has 1 aromatic carbocycles. The summed E-state index contributed by atoms with van der Waals surface area (Å²) in [7, 11) is 0. The second-order valence-electron chi connectivity index (χ2n) is 4.87. The molecule has 20 heavy (non-hydrogen) atoms. The average Bonchev–Trinajstić information content (AvgIpc) is 2.83. The van der Waals surface area contributed by atoms with Crippen molar-refractivity contribution in [2.24, 2.45) is 0 Å². The third-order valence-corrected chi connectivity index (χ3v) is 4.77. The minimum Gasteiger partial charge on any atom is -0.479 e. The molecule has 1 amide bonds. The van der Waals surface area contributed by atoms with E-state index < -0.39 is 11.5 Å². The normalized spacial score (nSPS) is 22.1. The topological polar surface area (TPSA) is 57.6 Å². The van der Waals surface area contributed by atoms with Gasteiger partial charge in [-0.3, -0.25) is 4.79 Å². The van der Waals surface area contributed by atoms with Crippen molar-refractivity contribution >= 4 is 39.4 Å². The largest absolute Gasteiger partial charge is 0.479 e. The van der Waals surface area contributed by atoms with Crippen LogP contribution in [0.25, 0.3) is 0 Å². The zero-order chi connectivity index (χ0) is 14.9. The molecule has 4 nitrogen and oxygen atoms in total. The molecule has 1 fully saturated rings. The number of amides is 1. The smallest absolute Gasteiger partial charge is 0.329 e. The number of nitrogens with zero attached hydrogens (tertiary/aromatic N) is 1. The first kappa shape index (κ1) is 15.3. The Morgan fingerprint density at radius 1 is 1.50 bits per heavy atom. The van der Waals surface area contributed by atoms with Crippen LogP contribution in [0, 0.1) is 0 Å². The Hall–Kier alpha value is -1.07. The van der Waals surface area contributed by atoms with Crippen molar-refractivity contribution in [2.75, 3.05) is 6.54 Å². The molecule has 1 unspecified atom stereocenters. The van der Waals surface area contributed by atoms with Crippen LogP contribution in [0.2, 0.25) is 5.02 Å². The molecule has 0 saturated carbocycles. The predicted octanol–water partition coefficient (Wildman–Crippen LogP) is 3.57. The highest BCUT2D eigenvalue weighted by Crippen LogP contribution is 2.35. The van der Waals surface area contributed by atoms with Crippen molar-refractivity contribution in [3.8, 4) is 0 Å². The van der Waals surface area contributed by atoms with Gasteiger partial charge in [-0.05, 0) is 53.4 Å². The lowest BCUT2D eigenvalue weighted by Gasteiger charge is -2.34. The first-order valence-electron chi connectivity index (χ1n) is 6.43. The number of hydrogen-bond donors (Lipinski definition) is 1. The van der Waals surface area contributed by atoms with Crippen molar-refractivity contribution in [1.29, 1.82) is 0 Å². The number of carboxylic acids is 1. The van der Waals surface area contributed by atoms with E-state index in [0.717, 1.165) is 0 Å². The van der Waals surface area contributed by atoms with Gasteiger partial charge in [0.05, 0.1) is 5.56 Å². The molecule has 2 rings (SSSR count). The molecule has 0 spiro atoms. The van der Waals surface area contributed by atoms with Crippen molar-refractivity contribution in [2.45, 2.75) is 31.7 Å². The third-order valence-electron chi connectivity index (χ3n) is 3.88. The van der Waals surface area contributed by atoms with E-state index in [2.05, 4.69) is 15.9 Å². The molecule has 1 saturated heterocycles. The number of rotatable bonds is 3. The SMILES string of the molecule is CCC1(C(=O)O)CCCN1C(=O)c1ccc(Cl)cc1Br. The summed E-state index contributed by atoms with van der Waals surface area (Å²) < 4.78 is 0.581. The highest BCUT2D eigenvalue weighted by atomic mass is 79.9. The first-order valence-corrected chi connectivity index (χ1v) is 7.60. The Balaban J connectivity index is 2.39. The summed E-state index contributed by atoms with van der Waals surface area (Å²) in [6.07, 6.45) is 1.60. The van der Waals surface area contributed by atoms with Crippen LogP contribution in [0.3, 0.4) is 0 Å². The maximum absolute atomic E-state index is 12.6. The van der Waals surface area contributed by atoms with E-state index in [9.17, 15) is 14.7 Å².